The average molecular weight is 423 g/mol. The molecule has 0 aliphatic heterocycles. The van der Waals surface area contributed by atoms with Crippen molar-refractivity contribution in [1.29, 1.82) is 0 Å². The third kappa shape index (κ3) is 5.87. The maximum absolute atomic E-state index is 12.7. The van der Waals surface area contributed by atoms with E-state index in [0.717, 1.165) is 18.4 Å². The molecule has 1 saturated carbocycles. The number of hydrogen-bond acceptors (Lipinski definition) is 4. The Bertz CT molecular complexity index is 931. The van der Waals surface area contributed by atoms with Gasteiger partial charge in [-0.05, 0) is 60.9 Å². The van der Waals surface area contributed by atoms with Gasteiger partial charge in [-0.15, -0.1) is 0 Å². The number of ether oxygens (including phenoxy) is 2. The standard InChI is InChI=1S/C25H30N2O4/c1-27(21-7-5-4-6-8-21)25(29)19-11-13-20(14-12-19)26-24(28)16-10-18-9-15-22(30-2)23(17-18)31-3/h9-17,21H,4-8H2,1-3H3,(H,26,28). The largest absolute Gasteiger partial charge is 0.493 e. The second-order valence-electron chi connectivity index (χ2n) is 7.72. The first-order valence-corrected chi connectivity index (χ1v) is 10.6. The lowest BCUT2D eigenvalue weighted by molar-refractivity contribution is -0.111. The number of nitrogens with one attached hydrogen (secondary N) is 1. The topological polar surface area (TPSA) is 67.9 Å². The van der Waals surface area contributed by atoms with Crippen molar-refractivity contribution < 1.29 is 19.1 Å². The lowest BCUT2D eigenvalue weighted by atomic mass is 9.94. The summed E-state index contributed by atoms with van der Waals surface area (Å²) in [5, 5.41) is 2.82. The molecule has 164 valence electrons. The first kappa shape index (κ1) is 22.4. The summed E-state index contributed by atoms with van der Waals surface area (Å²) in [6.45, 7) is 0. The van der Waals surface area contributed by atoms with Gasteiger partial charge < -0.3 is 19.7 Å². The molecule has 0 heterocycles. The summed E-state index contributed by atoms with van der Waals surface area (Å²) >= 11 is 0. The number of benzene rings is 2. The van der Waals surface area contributed by atoms with Crippen LogP contribution in [-0.2, 0) is 4.79 Å². The van der Waals surface area contributed by atoms with Gasteiger partial charge in [-0.25, -0.2) is 0 Å². The molecule has 0 aromatic heterocycles. The van der Waals surface area contributed by atoms with Gasteiger partial charge in [0, 0.05) is 30.4 Å². The Hall–Kier alpha value is -3.28. The lowest BCUT2D eigenvalue weighted by Crippen LogP contribution is -2.38. The van der Waals surface area contributed by atoms with Crippen molar-refractivity contribution in [3.63, 3.8) is 0 Å². The molecule has 31 heavy (non-hydrogen) atoms. The molecule has 2 aromatic rings. The molecule has 0 radical (unpaired) electrons. The molecular formula is C25H30N2O4. The van der Waals surface area contributed by atoms with E-state index in [4.69, 9.17) is 9.47 Å². The van der Waals surface area contributed by atoms with Gasteiger partial charge in [-0.3, -0.25) is 9.59 Å². The van der Waals surface area contributed by atoms with E-state index in [1.165, 1.54) is 25.3 Å². The first-order chi connectivity index (χ1) is 15.0. The highest BCUT2D eigenvalue weighted by Gasteiger charge is 2.22. The average Bonchev–Trinajstić information content (AvgIpc) is 2.82. The van der Waals surface area contributed by atoms with Gasteiger partial charge in [0.2, 0.25) is 5.91 Å². The summed E-state index contributed by atoms with van der Waals surface area (Å²) in [5.41, 5.74) is 2.09. The maximum Gasteiger partial charge on any atom is 0.253 e. The fourth-order valence-electron chi connectivity index (χ4n) is 3.85. The molecule has 0 unspecified atom stereocenters. The minimum absolute atomic E-state index is 0.0260. The Morgan fingerprint density at radius 1 is 0.968 bits per heavy atom. The summed E-state index contributed by atoms with van der Waals surface area (Å²) in [6.07, 6.45) is 8.93. The molecule has 2 amide bonds. The van der Waals surface area contributed by atoms with Crippen LogP contribution in [0.1, 0.15) is 48.0 Å². The molecule has 1 fully saturated rings. The van der Waals surface area contributed by atoms with Gasteiger partial charge in [0.1, 0.15) is 0 Å². The summed E-state index contributed by atoms with van der Waals surface area (Å²) in [6, 6.07) is 12.8. The number of carbonyl (C=O) groups excluding carboxylic acids is 2. The zero-order chi connectivity index (χ0) is 22.2. The molecule has 0 atom stereocenters. The highest BCUT2D eigenvalue weighted by molar-refractivity contribution is 6.02. The third-order valence-corrected chi connectivity index (χ3v) is 5.68. The summed E-state index contributed by atoms with van der Waals surface area (Å²) < 4.78 is 10.5. The van der Waals surface area contributed by atoms with Crippen molar-refractivity contribution in [2.24, 2.45) is 0 Å². The molecule has 1 aliphatic carbocycles. The Balaban J connectivity index is 1.58. The number of anilines is 1. The van der Waals surface area contributed by atoms with Crippen LogP contribution in [0.2, 0.25) is 0 Å². The van der Waals surface area contributed by atoms with Crippen LogP contribution in [0.3, 0.4) is 0 Å². The number of amides is 2. The first-order valence-electron chi connectivity index (χ1n) is 10.6. The quantitative estimate of drug-likeness (QED) is 0.653. The van der Waals surface area contributed by atoms with E-state index in [2.05, 4.69) is 5.32 Å². The summed E-state index contributed by atoms with van der Waals surface area (Å²) in [4.78, 5) is 26.9. The van der Waals surface area contributed by atoms with Crippen molar-refractivity contribution >= 4 is 23.6 Å². The highest BCUT2D eigenvalue weighted by Crippen LogP contribution is 2.28. The fourth-order valence-corrected chi connectivity index (χ4v) is 3.85. The number of rotatable bonds is 7. The molecule has 1 N–H and O–H groups in total. The molecule has 1 aliphatic rings. The molecule has 0 bridgehead atoms. The Kier molecular flexibility index (Phi) is 7.70. The zero-order valence-corrected chi connectivity index (χ0v) is 18.4. The molecular weight excluding hydrogens is 392 g/mol. The van der Waals surface area contributed by atoms with Crippen LogP contribution in [0.4, 0.5) is 5.69 Å². The van der Waals surface area contributed by atoms with E-state index >= 15 is 0 Å². The predicted molar refractivity (Wildman–Crippen MR) is 123 cm³/mol. The van der Waals surface area contributed by atoms with Gasteiger partial charge >= 0.3 is 0 Å². The maximum atomic E-state index is 12.7. The lowest BCUT2D eigenvalue weighted by Gasteiger charge is -2.31. The minimum Gasteiger partial charge on any atom is -0.493 e. The third-order valence-electron chi connectivity index (χ3n) is 5.68. The Morgan fingerprint density at radius 2 is 1.65 bits per heavy atom. The second kappa shape index (κ2) is 10.7. The molecule has 6 nitrogen and oxygen atoms in total. The van der Waals surface area contributed by atoms with Crippen LogP contribution in [0.25, 0.3) is 6.08 Å². The van der Waals surface area contributed by atoms with E-state index in [1.807, 2.05) is 18.0 Å². The highest BCUT2D eigenvalue weighted by atomic mass is 16.5. The molecule has 6 heteroatoms. The molecule has 0 saturated heterocycles. The SMILES string of the molecule is COc1ccc(C=CC(=O)Nc2ccc(C(=O)N(C)C3CCCCC3)cc2)cc1OC. The number of methoxy groups -OCH3 is 2. The van der Waals surface area contributed by atoms with Gasteiger partial charge in [0.05, 0.1) is 14.2 Å². The van der Waals surface area contributed by atoms with Crippen molar-refractivity contribution in [2.75, 3.05) is 26.6 Å². The van der Waals surface area contributed by atoms with E-state index in [9.17, 15) is 9.59 Å². The van der Waals surface area contributed by atoms with Crippen LogP contribution < -0.4 is 14.8 Å². The zero-order valence-electron chi connectivity index (χ0n) is 18.4. The molecule has 2 aromatic carbocycles. The van der Waals surface area contributed by atoms with E-state index in [1.54, 1.807) is 56.7 Å². The van der Waals surface area contributed by atoms with Crippen LogP contribution in [0, 0.1) is 0 Å². The van der Waals surface area contributed by atoms with Crippen LogP contribution in [-0.4, -0.2) is 44.0 Å². The fraction of sp³-hybridized carbons (Fsp3) is 0.360. The van der Waals surface area contributed by atoms with Crippen molar-refractivity contribution in [3.05, 3.63) is 59.7 Å². The van der Waals surface area contributed by atoms with Gasteiger partial charge in [0.15, 0.2) is 11.5 Å². The summed E-state index contributed by atoms with van der Waals surface area (Å²) in [7, 11) is 5.03. The van der Waals surface area contributed by atoms with Crippen molar-refractivity contribution in [1.82, 2.24) is 4.90 Å². The predicted octanol–water partition coefficient (Wildman–Crippen LogP) is 4.76. The molecule has 3 rings (SSSR count). The van der Waals surface area contributed by atoms with Crippen LogP contribution >= 0.6 is 0 Å². The number of nitrogens with zero attached hydrogens (tertiary/aromatic N) is 1. The number of carbonyl (C=O) groups is 2. The smallest absolute Gasteiger partial charge is 0.253 e. The van der Waals surface area contributed by atoms with E-state index in [0.29, 0.717) is 28.8 Å². The normalized spacial score (nSPS) is 14.3. The van der Waals surface area contributed by atoms with E-state index in [-0.39, 0.29) is 11.8 Å². The molecule has 0 spiro atoms. The minimum atomic E-state index is -0.256. The number of hydrogen-bond donors (Lipinski definition) is 1. The summed E-state index contributed by atoms with van der Waals surface area (Å²) in [5.74, 6) is 1.00. The monoisotopic (exact) mass is 422 g/mol. The van der Waals surface area contributed by atoms with Crippen molar-refractivity contribution in [3.8, 4) is 11.5 Å². The van der Waals surface area contributed by atoms with Crippen molar-refractivity contribution in [2.45, 2.75) is 38.1 Å². The van der Waals surface area contributed by atoms with Gasteiger partial charge in [0.25, 0.3) is 5.91 Å². The Labute approximate surface area is 183 Å². The Morgan fingerprint density at radius 3 is 2.29 bits per heavy atom. The van der Waals surface area contributed by atoms with Gasteiger partial charge in [-0.2, -0.15) is 0 Å². The van der Waals surface area contributed by atoms with E-state index < -0.39 is 0 Å². The van der Waals surface area contributed by atoms with Crippen LogP contribution in [0.5, 0.6) is 11.5 Å². The van der Waals surface area contributed by atoms with Crippen LogP contribution in [0.15, 0.2) is 48.5 Å². The second-order valence-corrected chi connectivity index (χ2v) is 7.72. The van der Waals surface area contributed by atoms with Gasteiger partial charge in [-0.1, -0.05) is 25.3 Å².